The van der Waals surface area contributed by atoms with Gasteiger partial charge in [-0.2, -0.15) is 0 Å². The lowest BCUT2D eigenvalue weighted by molar-refractivity contribution is -0.126. The van der Waals surface area contributed by atoms with Gasteiger partial charge in [-0.05, 0) is 0 Å². The predicted molar refractivity (Wildman–Crippen MR) is 53.9 cm³/mol. The summed E-state index contributed by atoms with van der Waals surface area (Å²) in [5.41, 5.74) is 0. The lowest BCUT2D eigenvalue weighted by Crippen LogP contribution is -2.54. The molecule has 4 heteroatoms. The van der Waals surface area contributed by atoms with Crippen molar-refractivity contribution in [3.05, 3.63) is 24.8 Å². The van der Waals surface area contributed by atoms with Gasteiger partial charge in [0.1, 0.15) is 0 Å². The number of carbonyl (C=O) groups is 1. The molecule has 2 aliphatic heterocycles. The number of amides is 1. The number of hydrogen-bond acceptors (Lipinski definition) is 3. The van der Waals surface area contributed by atoms with Gasteiger partial charge < -0.3 is 10.2 Å². The molecule has 0 aromatic carbocycles. The zero-order valence-electron chi connectivity index (χ0n) is 8.31. The van der Waals surface area contributed by atoms with E-state index >= 15 is 0 Å². The number of carbonyl (C=O) groups excluding carboxylic acids is 1. The molecule has 2 aliphatic rings. The van der Waals surface area contributed by atoms with Crippen molar-refractivity contribution < 1.29 is 4.79 Å². The lowest BCUT2D eigenvalue weighted by atomic mass is 10.1. The van der Waals surface area contributed by atoms with Gasteiger partial charge in [0.2, 0.25) is 5.91 Å². The minimum absolute atomic E-state index is 0.129. The number of rotatable bonds is 2. The van der Waals surface area contributed by atoms with E-state index in [2.05, 4.69) is 10.2 Å². The third kappa shape index (κ3) is 1.65. The van der Waals surface area contributed by atoms with Crippen LogP contribution in [0.15, 0.2) is 24.8 Å². The lowest BCUT2D eigenvalue weighted by Gasteiger charge is -2.37. The van der Waals surface area contributed by atoms with Crippen molar-refractivity contribution in [2.45, 2.75) is 19.4 Å². The van der Waals surface area contributed by atoms with Crippen LogP contribution in [0, 0.1) is 0 Å². The van der Waals surface area contributed by atoms with Crippen LogP contribution in [0.1, 0.15) is 13.3 Å². The summed E-state index contributed by atoms with van der Waals surface area (Å²) in [7, 11) is 0. The minimum Gasteiger partial charge on any atom is -0.346 e. The van der Waals surface area contributed by atoms with Crippen molar-refractivity contribution in [2.75, 3.05) is 13.1 Å². The molecule has 0 spiro atoms. The van der Waals surface area contributed by atoms with Gasteiger partial charge >= 0.3 is 0 Å². The largest absolute Gasteiger partial charge is 0.346 e. The highest BCUT2D eigenvalue weighted by molar-refractivity contribution is 5.78. The maximum absolute atomic E-state index is 11.3. The first kappa shape index (κ1) is 9.27. The van der Waals surface area contributed by atoms with Crippen LogP contribution in [0.25, 0.3) is 0 Å². The van der Waals surface area contributed by atoms with Gasteiger partial charge in [0.05, 0.1) is 6.04 Å². The molecular weight excluding hydrogens is 178 g/mol. The van der Waals surface area contributed by atoms with E-state index in [-0.39, 0.29) is 5.91 Å². The van der Waals surface area contributed by atoms with E-state index < -0.39 is 0 Å². The highest BCUT2D eigenvalue weighted by Crippen LogP contribution is 2.12. The van der Waals surface area contributed by atoms with Crippen LogP contribution in [0.3, 0.4) is 0 Å². The van der Waals surface area contributed by atoms with E-state index in [4.69, 9.17) is 0 Å². The Hall–Kier alpha value is -1.29. The standard InChI is InChI=1S/C10H15N3O/c1-2-10(14)13-5-3-12(4-6-13)9-7-11-8-9/h3-6,9,11H,2,7-8H2,1H3. The second-order valence-electron chi connectivity index (χ2n) is 3.51. The first-order valence-electron chi connectivity index (χ1n) is 4.97. The van der Waals surface area contributed by atoms with Gasteiger partial charge in [-0.1, -0.05) is 6.92 Å². The Morgan fingerprint density at radius 2 is 2.00 bits per heavy atom. The predicted octanol–water partition coefficient (Wildman–Crippen LogP) is 0.455. The summed E-state index contributed by atoms with van der Waals surface area (Å²) < 4.78 is 0. The van der Waals surface area contributed by atoms with E-state index in [0.29, 0.717) is 12.5 Å². The molecule has 0 aromatic heterocycles. The second kappa shape index (κ2) is 3.84. The average molecular weight is 193 g/mol. The fraction of sp³-hybridized carbons (Fsp3) is 0.500. The second-order valence-corrected chi connectivity index (χ2v) is 3.51. The smallest absolute Gasteiger partial charge is 0.230 e. The maximum atomic E-state index is 11.3. The van der Waals surface area contributed by atoms with Crippen LogP contribution in [-0.2, 0) is 4.79 Å². The molecule has 0 radical (unpaired) electrons. The molecule has 2 rings (SSSR count). The van der Waals surface area contributed by atoms with E-state index in [0.717, 1.165) is 13.1 Å². The van der Waals surface area contributed by atoms with E-state index in [1.54, 1.807) is 4.90 Å². The Kier molecular flexibility index (Phi) is 2.54. The molecule has 0 atom stereocenters. The number of nitrogens with one attached hydrogen (secondary N) is 1. The summed E-state index contributed by atoms with van der Waals surface area (Å²) in [4.78, 5) is 15.1. The van der Waals surface area contributed by atoms with E-state index in [9.17, 15) is 4.79 Å². The van der Waals surface area contributed by atoms with Crippen molar-refractivity contribution in [3.8, 4) is 0 Å². The molecule has 0 bridgehead atoms. The fourth-order valence-corrected chi connectivity index (χ4v) is 1.47. The van der Waals surface area contributed by atoms with Crippen molar-refractivity contribution in [2.24, 2.45) is 0 Å². The molecule has 1 fully saturated rings. The highest BCUT2D eigenvalue weighted by atomic mass is 16.2. The SMILES string of the molecule is CCC(=O)N1C=CN(C2CNC2)C=C1. The summed E-state index contributed by atoms with van der Waals surface area (Å²) in [5.74, 6) is 0.129. The topological polar surface area (TPSA) is 35.6 Å². The Morgan fingerprint density at radius 1 is 1.36 bits per heavy atom. The van der Waals surface area contributed by atoms with E-state index in [1.165, 1.54) is 0 Å². The van der Waals surface area contributed by atoms with Gasteiger partial charge in [0, 0.05) is 44.3 Å². The molecule has 0 unspecified atom stereocenters. The van der Waals surface area contributed by atoms with Crippen LogP contribution >= 0.6 is 0 Å². The first-order chi connectivity index (χ1) is 6.81. The highest BCUT2D eigenvalue weighted by Gasteiger charge is 2.22. The summed E-state index contributed by atoms with van der Waals surface area (Å²) in [6.45, 7) is 3.92. The fourth-order valence-electron chi connectivity index (χ4n) is 1.47. The van der Waals surface area contributed by atoms with E-state index in [1.807, 2.05) is 31.7 Å². The molecule has 76 valence electrons. The summed E-state index contributed by atoms with van der Waals surface area (Å²) in [6, 6.07) is 0.557. The molecule has 0 saturated carbocycles. The molecule has 0 aliphatic carbocycles. The molecule has 4 nitrogen and oxygen atoms in total. The van der Waals surface area contributed by atoms with Crippen molar-refractivity contribution in [1.82, 2.24) is 15.1 Å². The Balaban J connectivity index is 1.93. The molecule has 0 aromatic rings. The van der Waals surface area contributed by atoms with Crippen LogP contribution in [0.2, 0.25) is 0 Å². The monoisotopic (exact) mass is 193 g/mol. The molecule has 1 saturated heterocycles. The zero-order chi connectivity index (χ0) is 9.97. The maximum Gasteiger partial charge on any atom is 0.230 e. The quantitative estimate of drug-likeness (QED) is 0.692. The normalized spacial score (nSPS) is 21.2. The summed E-state index contributed by atoms with van der Waals surface area (Å²) in [6.07, 6.45) is 8.10. The molecule has 14 heavy (non-hydrogen) atoms. The van der Waals surface area contributed by atoms with Gasteiger partial charge in [0.15, 0.2) is 0 Å². The Labute approximate surface area is 83.9 Å². The summed E-state index contributed by atoms with van der Waals surface area (Å²) >= 11 is 0. The van der Waals surface area contributed by atoms with Crippen molar-refractivity contribution >= 4 is 5.91 Å². The van der Waals surface area contributed by atoms with Crippen LogP contribution in [0.5, 0.6) is 0 Å². The van der Waals surface area contributed by atoms with Gasteiger partial charge in [-0.15, -0.1) is 0 Å². The minimum atomic E-state index is 0.129. The van der Waals surface area contributed by atoms with Crippen molar-refractivity contribution in [1.29, 1.82) is 0 Å². The first-order valence-corrected chi connectivity index (χ1v) is 4.97. The van der Waals surface area contributed by atoms with Crippen molar-refractivity contribution in [3.63, 3.8) is 0 Å². The third-order valence-corrected chi connectivity index (χ3v) is 2.57. The average Bonchev–Trinajstić information content (AvgIpc) is 2.15. The third-order valence-electron chi connectivity index (χ3n) is 2.57. The Bertz CT molecular complexity index is 267. The molecular formula is C10H15N3O. The zero-order valence-corrected chi connectivity index (χ0v) is 8.31. The van der Waals surface area contributed by atoms with Crippen LogP contribution in [-0.4, -0.2) is 34.8 Å². The van der Waals surface area contributed by atoms with Gasteiger partial charge in [-0.3, -0.25) is 9.69 Å². The van der Waals surface area contributed by atoms with Gasteiger partial charge in [0.25, 0.3) is 0 Å². The molecule has 1 N–H and O–H groups in total. The van der Waals surface area contributed by atoms with Gasteiger partial charge in [-0.25, -0.2) is 0 Å². The number of nitrogens with zero attached hydrogens (tertiary/aromatic N) is 2. The molecule has 2 heterocycles. The number of hydrogen-bond donors (Lipinski definition) is 1. The molecule has 1 amide bonds. The van der Waals surface area contributed by atoms with Crippen LogP contribution < -0.4 is 5.32 Å². The summed E-state index contributed by atoms with van der Waals surface area (Å²) in [5, 5.41) is 3.21. The Morgan fingerprint density at radius 3 is 2.43 bits per heavy atom. The van der Waals surface area contributed by atoms with Crippen LogP contribution in [0.4, 0.5) is 0 Å².